The zero-order chi connectivity index (χ0) is 31.5. The quantitative estimate of drug-likeness (QED) is 0.157. The predicted molar refractivity (Wildman–Crippen MR) is 168 cm³/mol. The van der Waals surface area contributed by atoms with Gasteiger partial charge in [-0.25, -0.2) is 4.98 Å². The molecule has 0 atom stereocenters. The molecule has 4 N–H and O–H groups in total. The lowest BCUT2D eigenvalue weighted by atomic mass is 9.99. The number of amidine groups is 1. The van der Waals surface area contributed by atoms with Crippen molar-refractivity contribution in [3.05, 3.63) is 83.0 Å². The average Bonchev–Trinajstić information content (AvgIpc) is 3.68. The number of aromatic nitrogens is 5. The summed E-state index contributed by atoms with van der Waals surface area (Å²) in [6.45, 7) is 6.18. The zero-order valence-corrected chi connectivity index (χ0v) is 25.8. The number of aryl methyl sites for hydroxylation is 4. The molecule has 44 heavy (non-hydrogen) atoms. The Balaban J connectivity index is 1.41. The second-order valence-corrected chi connectivity index (χ2v) is 11.1. The summed E-state index contributed by atoms with van der Waals surface area (Å²) in [4.78, 5) is 39.2. The number of benzene rings is 1. The molecule has 12 heteroatoms. The van der Waals surface area contributed by atoms with Crippen molar-refractivity contribution in [2.24, 2.45) is 13.0 Å². The van der Waals surface area contributed by atoms with Gasteiger partial charge in [0, 0.05) is 67.9 Å². The zero-order valence-electron chi connectivity index (χ0n) is 25.8. The van der Waals surface area contributed by atoms with Crippen LogP contribution in [0.25, 0.3) is 16.8 Å². The highest BCUT2D eigenvalue weighted by atomic mass is 16.5. The van der Waals surface area contributed by atoms with Gasteiger partial charge in [-0.1, -0.05) is 12.1 Å². The molecule has 0 spiro atoms. The van der Waals surface area contributed by atoms with E-state index in [-0.39, 0.29) is 23.6 Å². The van der Waals surface area contributed by atoms with Gasteiger partial charge in [0.15, 0.2) is 5.82 Å². The Morgan fingerprint density at radius 1 is 1.20 bits per heavy atom. The highest BCUT2D eigenvalue weighted by Gasteiger charge is 2.30. The van der Waals surface area contributed by atoms with Crippen LogP contribution in [-0.4, -0.2) is 61.4 Å². The SMILES string of the molecule is COc1c(N/C(=C/C(=N)NC(=O)C2CC2)c2nc(C)c[nH]2)ccc(C)c1-c1ccc(C(=O)N(C)Cc2cn(C)nc2C)nc1. The Morgan fingerprint density at radius 2 is 1.98 bits per heavy atom. The molecule has 2 amide bonds. The summed E-state index contributed by atoms with van der Waals surface area (Å²) >= 11 is 0. The van der Waals surface area contributed by atoms with Crippen molar-refractivity contribution >= 4 is 29.0 Å². The van der Waals surface area contributed by atoms with Gasteiger partial charge in [0.2, 0.25) is 5.91 Å². The fraction of sp³-hybridized carbons (Fsp3) is 0.312. The molecular formula is C32H37N9O3. The van der Waals surface area contributed by atoms with Crippen LogP contribution < -0.4 is 15.4 Å². The lowest BCUT2D eigenvalue weighted by Crippen LogP contribution is -2.30. The van der Waals surface area contributed by atoms with Crippen molar-refractivity contribution < 1.29 is 14.3 Å². The van der Waals surface area contributed by atoms with E-state index in [1.165, 1.54) is 6.08 Å². The highest BCUT2D eigenvalue weighted by Crippen LogP contribution is 2.40. The van der Waals surface area contributed by atoms with Crippen molar-refractivity contribution in [3.63, 3.8) is 0 Å². The van der Waals surface area contributed by atoms with Crippen LogP contribution in [0.2, 0.25) is 0 Å². The van der Waals surface area contributed by atoms with Crippen molar-refractivity contribution in [1.82, 2.24) is 34.9 Å². The summed E-state index contributed by atoms with van der Waals surface area (Å²) in [6.07, 6.45) is 8.57. The van der Waals surface area contributed by atoms with E-state index in [4.69, 9.17) is 10.1 Å². The normalized spacial score (nSPS) is 13.0. The molecule has 3 aromatic heterocycles. The largest absolute Gasteiger partial charge is 0.494 e. The van der Waals surface area contributed by atoms with Crippen LogP contribution in [0.3, 0.4) is 0 Å². The Morgan fingerprint density at radius 3 is 2.57 bits per heavy atom. The summed E-state index contributed by atoms with van der Waals surface area (Å²) in [6, 6.07) is 7.40. The molecule has 1 fully saturated rings. The van der Waals surface area contributed by atoms with Gasteiger partial charge in [0.05, 0.1) is 29.9 Å². The Bertz CT molecular complexity index is 1750. The van der Waals surface area contributed by atoms with Crippen molar-refractivity contribution in [2.75, 3.05) is 19.5 Å². The van der Waals surface area contributed by atoms with E-state index in [2.05, 4.69) is 30.7 Å². The first-order chi connectivity index (χ1) is 21.0. The number of rotatable bonds is 10. The highest BCUT2D eigenvalue weighted by molar-refractivity contribution is 6.07. The Labute approximate surface area is 256 Å². The minimum Gasteiger partial charge on any atom is -0.494 e. The number of ether oxygens (including phenoxy) is 1. The summed E-state index contributed by atoms with van der Waals surface area (Å²) in [5.74, 6) is 0.651. The number of amides is 2. The van der Waals surface area contributed by atoms with Crippen molar-refractivity contribution in [3.8, 4) is 16.9 Å². The number of aromatic amines is 1. The Kier molecular flexibility index (Phi) is 8.61. The number of nitrogens with zero attached hydrogens (tertiary/aromatic N) is 5. The molecule has 1 saturated carbocycles. The third kappa shape index (κ3) is 6.69. The van der Waals surface area contributed by atoms with E-state index in [0.717, 1.165) is 46.5 Å². The number of nitrogens with one attached hydrogen (secondary N) is 4. The van der Waals surface area contributed by atoms with Gasteiger partial charge in [-0.2, -0.15) is 5.10 Å². The van der Waals surface area contributed by atoms with Crippen LogP contribution in [0.5, 0.6) is 5.75 Å². The smallest absolute Gasteiger partial charge is 0.272 e. The van der Waals surface area contributed by atoms with Crippen LogP contribution >= 0.6 is 0 Å². The monoisotopic (exact) mass is 595 g/mol. The predicted octanol–water partition coefficient (Wildman–Crippen LogP) is 4.37. The van der Waals surface area contributed by atoms with E-state index in [0.29, 0.717) is 35.2 Å². The lowest BCUT2D eigenvalue weighted by molar-refractivity contribution is -0.120. The number of anilines is 1. The number of H-pyrrole nitrogens is 1. The van der Waals surface area contributed by atoms with Gasteiger partial charge in [-0.05, 0) is 51.3 Å². The van der Waals surface area contributed by atoms with E-state index in [1.54, 1.807) is 42.2 Å². The first kappa shape index (κ1) is 30.2. The van der Waals surface area contributed by atoms with Gasteiger partial charge in [0.1, 0.15) is 17.3 Å². The van der Waals surface area contributed by atoms with Crippen LogP contribution in [0, 0.1) is 32.1 Å². The maximum atomic E-state index is 13.2. The van der Waals surface area contributed by atoms with Crippen molar-refractivity contribution in [1.29, 1.82) is 5.41 Å². The van der Waals surface area contributed by atoms with Gasteiger partial charge < -0.3 is 25.3 Å². The van der Waals surface area contributed by atoms with Crippen molar-refractivity contribution in [2.45, 2.75) is 40.2 Å². The molecule has 1 aliphatic rings. The molecule has 0 aliphatic heterocycles. The summed E-state index contributed by atoms with van der Waals surface area (Å²) < 4.78 is 7.64. The number of methoxy groups -OCH3 is 1. The number of pyridine rings is 1. The minimum atomic E-state index is -0.196. The number of imidazole rings is 1. The van der Waals surface area contributed by atoms with Crippen LogP contribution in [0.4, 0.5) is 5.69 Å². The number of carbonyl (C=O) groups excluding carboxylic acids is 2. The molecule has 228 valence electrons. The van der Waals surface area contributed by atoms with Crippen LogP contribution in [0.15, 0.2) is 48.9 Å². The molecule has 0 radical (unpaired) electrons. The molecule has 0 bridgehead atoms. The first-order valence-corrected chi connectivity index (χ1v) is 14.3. The molecule has 0 saturated heterocycles. The number of hydrogen-bond donors (Lipinski definition) is 4. The molecule has 3 heterocycles. The van der Waals surface area contributed by atoms with Crippen LogP contribution in [-0.2, 0) is 18.4 Å². The average molecular weight is 596 g/mol. The standard InChI is InChI=1S/C32H37N9O3/c1-18-7-11-24(37-26(30-35-14-19(2)36-30)13-27(33)38-31(42)21-8-9-21)29(44-6)28(18)22-10-12-25(34-15-22)32(43)40(4)16-23-17-41(5)39-20(23)3/h7,10-15,17,21,37H,8-9,16H2,1-6H3,(H,35,36)(H2,33,38,42)/b26-13+. The number of hydrogen-bond acceptors (Lipinski definition) is 8. The maximum absolute atomic E-state index is 13.2. The van der Waals surface area contributed by atoms with Crippen LogP contribution in [0.1, 0.15) is 51.7 Å². The molecule has 1 aliphatic carbocycles. The van der Waals surface area contributed by atoms with Gasteiger partial charge in [0.25, 0.3) is 5.91 Å². The number of carbonyl (C=O) groups is 2. The van der Waals surface area contributed by atoms with Gasteiger partial charge >= 0.3 is 0 Å². The molecular weight excluding hydrogens is 558 g/mol. The molecule has 0 unspecified atom stereocenters. The summed E-state index contributed by atoms with van der Waals surface area (Å²) in [5.41, 5.74) is 6.59. The summed E-state index contributed by atoms with van der Waals surface area (Å²) in [7, 11) is 5.19. The molecule has 12 nitrogen and oxygen atoms in total. The van der Waals surface area contributed by atoms with E-state index in [9.17, 15) is 9.59 Å². The fourth-order valence-corrected chi connectivity index (χ4v) is 4.97. The maximum Gasteiger partial charge on any atom is 0.272 e. The summed E-state index contributed by atoms with van der Waals surface area (Å²) in [5, 5.41) is 18.8. The van der Waals surface area contributed by atoms with E-state index in [1.807, 2.05) is 52.2 Å². The Hall–Kier alpha value is -5.26. The van der Waals surface area contributed by atoms with E-state index >= 15 is 0 Å². The molecule has 4 aromatic rings. The first-order valence-electron chi connectivity index (χ1n) is 14.3. The lowest BCUT2D eigenvalue weighted by Gasteiger charge is -2.19. The third-order valence-electron chi connectivity index (χ3n) is 7.44. The molecule has 5 rings (SSSR count). The second-order valence-electron chi connectivity index (χ2n) is 11.1. The van der Waals surface area contributed by atoms with Gasteiger partial charge in [-0.15, -0.1) is 0 Å². The van der Waals surface area contributed by atoms with Gasteiger partial charge in [-0.3, -0.25) is 24.7 Å². The van der Waals surface area contributed by atoms with E-state index < -0.39 is 0 Å². The third-order valence-corrected chi connectivity index (χ3v) is 7.44. The molecule has 1 aromatic carbocycles. The topological polar surface area (TPSA) is 154 Å². The minimum absolute atomic E-state index is 0.0215. The fourth-order valence-electron chi connectivity index (χ4n) is 4.97. The second kappa shape index (κ2) is 12.5.